The van der Waals surface area contributed by atoms with E-state index in [-0.39, 0.29) is 0 Å². The summed E-state index contributed by atoms with van der Waals surface area (Å²) in [5.41, 5.74) is 11.1. The van der Waals surface area contributed by atoms with Crippen LogP contribution in [-0.4, -0.2) is 22.1 Å². The van der Waals surface area contributed by atoms with E-state index in [4.69, 9.17) is 10.5 Å². The third-order valence-corrected chi connectivity index (χ3v) is 3.67. The fraction of sp³-hybridized carbons (Fsp3) is 0.176. The highest BCUT2D eigenvalue weighted by molar-refractivity contribution is 5.74. The first-order chi connectivity index (χ1) is 10.6. The van der Waals surface area contributed by atoms with Crippen LogP contribution >= 0.6 is 0 Å². The maximum absolute atomic E-state index is 6.26. The maximum atomic E-state index is 6.26. The van der Waals surface area contributed by atoms with E-state index in [1.54, 1.807) is 11.8 Å². The van der Waals surface area contributed by atoms with Crippen LogP contribution in [-0.2, 0) is 0 Å². The normalized spacial score (nSPS) is 10.7. The van der Waals surface area contributed by atoms with Gasteiger partial charge in [-0.1, -0.05) is 22.9 Å². The molecule has 0 fully saturated rings. The van der Waals surface area contributed by atoms with Gasteiger partial charge in [0, 0.05) is 5.56 Å². The van der Waals surface area contributed by atoms with Crippen molar-refractivity contribution in [1.82, 2.24) is 15.0 Å². The summed E-state index contributed by atoms with van der Waals surface area (Å²) >= 11 is 0. The topological polar surface area (TPSA) is 66.0 Å². The number of methoxy groups -OCH3 is 1. The van der Waals surface area contributed by atoms with Crippen LogP contribution in [0.4, 0.5) is 5.82 Å². The fourth-order valence-electron chi connectivity index (χ4n) is 2.39. The second kappa shape index (κ2) is 5.52. The van der Waals surface area contributed by atoms with Crippen LogP contribution < -0.4 is 10.5 Å². The highest BCUT2D eigenvalue weighted by Crippen LogP contribution is 2.29. The summed E-state index contributed by atoms with van der Waals surface area (Å²) in [5.74, 6) is 1.32. The van der Waals surface area contributed by atoms with Gasteiger partial charge in [-0.2, -0.15) is 4.68 Å². The average molecular weight is 294 g/mol. The number of rotatable bonds is 3. The van der Waals surface area contributed by atoms with Crippen molar-refractivity contribution in [2.75, 3.05) is 12.8 Å². The van der Waals surface area contributed by atoms with Crippen molar-refractivity contribution >= 4 is 5.82 Å². The smallest absolute Gasteiger partial charge is 0.155 e. The minimum Gasteiger partial charge on any atom is -0.497 e. The second-order valence-electron chi connectivity index (χ2n) is 5.25. The summed E-state index contributed by atoms with van der Waals surface area (Å²) in [4.78, 5) is 0. The first kappa shape index (κ1) is 14.1. The zero-order valence-electron chi connectivity index (χ0n) is 12.9. The quantitative estimate of drug-likeness (QED) is 0.806. The van der Waals surface area contributed by atoms with Gasteiger partial charge in [0.1, 0.15) is 11.4 Å². The molecule has 0 spiro atoms. The van der Waals surface area contributed by atoms with Gasteiger partial charge in [-0.25, -0.2) is 0 Å². The van der Waals surface area contributed by atoms with E-state index in [1.807, 2.05) is 38.1 Å². The lowest BCUT2D eigenvalue weighted by Crippen LogP contribution is -2.02. The zero-order chi connectivity index (χ0) is 15.7. The van der Waals surface area contributed by atoms with Crippen LogP contribution in [0.2, 0.25) is 0 Å². The Hall–Kier alpha value is -2.82. The minimum atomic E-state index is 0.527. The van der Waals surface area contributed by atoms with Gasteiger partial charge in [-0.15, -0.1) is 5.10 Å². The predicted molar refractivity (Wildman–Crippen MR) is 87.2 cm³/mol. The highest BCUT2D eigenvalue weighted by Gasteiger charge is 2.15. The van der Waals surface area contributed by atoms with Crippen LogP contribution in [0.3, 0.4) is 0 Å². The molecule has 112 valence electrons. The first-order valence-electron chi connectivity index (χ1n) is 7.03. The number of aromatic nitrogens is 3. The molecule has 0 aliphatic carbocycles. The Labute approximate surface area is 129 Å². The van der Waals surface area contributed by atoms with Gasteiger partial charge in [0.2, 0.25) is 0 Å². The third kappa shape index (κ3) is 2.41. The molecule has 0 bridgehead atoms. The number of anilines is 1. The summed E-state index contributed by atoms with van der Waals surface area (Å²) in [5, 5.41) is 8.45. The van der Waals surface area contributed by atoms with Crippen LogP contribution in [0.1, 0.15) is 11.1 Å². The summed E-state index contributed by atoms with van der Waals surface area (Å²) < 4.78 is 6.80. The Kier molecular flexibility index (Phi) is 3.55. The molecule has 1 heterocycles. The van der Waals surface area contributed by atoms with Crippen LogP contribution in [0.5, 0.6) is 5.75 Å². The average Bonchev–Trinajstić information content (AvgIpc) is 2.91. The van der Waals surface area contributed by atoms with E-state index in [0.717, 1.165) is 22.6 Å². The molecule has 22 heavy (non-hydrogen) atoms. The molecule has 5 nitrogen and oxygen atoms in total. The number of nitrogens with two attached hydrogens (primary N) is 1. The number of hydrogen-bond acceptors (Lipinski definition) is 4. The number of benzene rings is 2. The van der Waals surface area contributed by atoms with E-state index < -0.39 is 0 Å². The Morgan fingerprint density at radius 2 is 1.77 bits per heavy atom. The summed E-state index contributed by atoms with van der Waals surface area (Å²) in [6.07, 6.45) is 0. The minimum absolute atomic E-state index is 0.527. The van der Waals surface area contributed by atoms with Crippen LogP contribution in [0.15, 0.2) is 42.5 Å². The van der Waals surface area contributed by atoms with Crippen molar-refractivity contribution in [2.24, 2.45) is 0 Å². The lowest BCUT2D eigenvalue weighted by atomic mass is 10.0. The molecule has 2 aromatic carbocycles. The fourth-order valence-corrected chi connectivity index (χ4v) is 2.39. The molecule has 0 amide bonds. The van der Waals surface area contributed by atoms with Gasteiger partial charge in [-0.3, -0.25) is 0 Å². The summed E-state index contributed by atoms with van der Waals surface area (Å²) in [6.45, 7) is 4.09. The molecule has 0 aliphatic rings. The van der Waals surface area contributed by atoms with Gasteiger partial charge in [0.25, 0.3) is 0 Å². The molecule has 2 N–H and O–H groups in total. The second-order valence-corrected chi connectivity index (χ2v) is 5.25. The van der Waals surface area contributed by atoms with E-state index in [9.17, 15) is 0 Å². The molecular formula is C17H18N4O. The SMILES string of the molecule is COc1ccc(-n2nnc(-c3cc(C)ccc3C)c2N)cc1. The van der Waals surface area contributed by atoms with Gasteiger partial charge in [-0.05, 0) is 49.7 Å². The molecule has 0 unspecified atom stereocenters. The van der Waals surface area contributed by atoms with Crippen LogP contribution in [0.25, 0.3) is 16.9 Å². The van der Waals surface area contributed by atoms with Gasteiger partial charge >= 0.3 is 0 Å². The molecule has 0 saturated carbocycles. The molecule has 0 aliphatic heterocycles. The Balaban J connectivity index is 2.06. The molecule has 3 rings (SSSR count). The van der Waals surface area contributed by atoms with Crippen LogP contribution in [0, 0.1) is 13.8 Å². The van der Waals surface area contributed by atoms with E-state index in [1.165, 1.54) is 5.56 Å². The molecule has 3 aromatic rings. The number of aryl methyl sites for hydroxylation is 2. The van der Waals surface area contributed by atoms with Crippen molar-refractivity contribution in [1.29, 1.82) is 0 Å². The summed E-state index contributed by atoms with van der Waals surface area (Å²) in [7, 11) is 1.64. The van der Waals surface area contributed by atoms with E-state index >= 15 is 0 Å². The molecular weight excluding hydrogens is 276 g/mol. The standard InChI is InChI=1S/C17H18N4O/c1-11-4-5-12(2)15(10-11)16-17(18)21(20-19-16)13-6-8-14(22-3)9-7-13/h4-10H,18H2,1-3H3. The van der Waals surface area contributed by atoms with Gasteiger partial charge < -0.3 is 10.5 Å². The van der Waals surface area contributed by atoms with E-state index in [2.05, 4.69) is 28.5 Å². The summed E-state index contributed by atoms with van der Waals surface area (Å²) in [6, 6.07) is 13.8. The van der Waals surface area contributed by atoms with Crippen molar-refractivity contribution in [3.8, 4) is 22.7 Å². The van der Waals surface area contributed by atoms with Crippen molar-refractivity contribution in [2.45, 2.75) is 13.8 Å². The number of ether oxygens (including phenoxy) is 1. The van der Waals surface area contributed by atoms with Crippen molar-refractivity contribution < 1.29 is 4.74 Å². The predicted octanol–water partition coefficient (Wildman–Crippen LogP) is 3.14. The third-order valence-electron chi connectivity index (χ3n) is 3.67. The Morgan fingerprint density at radius 1 is 1.05 bits per heavy atom. The number of hydrogen-bond donors (Lipinski definition) is 1. The first-order valence-corrected chi connectivity index (χ1v) is 7.03. The highest BCUT2D eigenvalue weighted by atomic mass is 16.5. The Bertz CT molecular complexity index is 806. The molecule has 0 atom stereocenters. The van der Waals surface area contributed by atoms with Crippen molar-refractivity contribution in [3.63, 3.8) is 0 Å². The van der Waals surface area contributed by atoms with Gasteiger partial charge in [0.15, 0.2) is 5.82 Å². The molecule has 0 radical (unpaired) electrons. The van der Waals surface area contributed by atoms with E-state index in [0.29, 0.717) is 11.5 Å². The zero-order valence-corrected chi connectivity index (χ0v) is 12.9. The maximum Gasteiger partial charge on any atom is 0.155 e. The van der Waals surface area contributed by atoms with Crippen molar-refractivity contribution in [3.05, 3.63) is 53.6 Å². The molecule has 0 saturated heterocycles. The van der Waals surface area contributed by atoms with Gasteiger partial charge in [0.05, 0.1) is 12.8 Å². The molecule has 5 heteroatoms. The lowest BCUT2D eigenvalue weighted by Gasteiger charge is -2.07. The largest absolute Gasteiger partial charge is 0.497 e. The number of nitrogens with zero attached hydrogens (tertiary/aromatic N) is 3. The number of nitrogen functional groups attached to an aromatic ring is 1. The molecule has 1 aromatic heterocycles. The monoisotopic (exact) mass is 294 g/mol. The lowest BCUT2D eigenvalue weighted by molar-refractivity contribution is 0.414. The Morgan fingerprint density at radius 3 is 2.45 bits per heavy atom.